The van der Waals surface area contributed by atoms with E-state index in [9.17, 15) is 0 Å². The Hall–Kier alpha value is -6.64. The molecule has 0 aliphatic heterocycles. The smallest absolute Gasteiger partial charge is 0.0353 e. The highest BCUT2D eigenvalue weighted by Gasteiger charge is 2.23. The molecule has 0 bridgehead atoms. The van der Waals surface area contributed by atoms with Crippen LogP contribution in [0, 0.1) is 0 Å². The molecule has 0 fully saturated rings. The largest absolute Gasteiger partial charge is 0.263 e. The molecule has 0 saturated heterocycles. The predicted molar refractivity (Wildman–Crippen MR) is 213 cm³/mol. The summed E-state index contributed by atoms with van der Waals surface area (Å²) in [6.07, 6.45) is 8.01. The van der Waals surface area contributed by atoms with Gasteiger partial charge in [0.25, 0.3) is 0 Å². The molecular formula is C48H26N2. The average Bonchev–Trinajstić information content (AvgIpc) is 3.69. The maximum Gasteiger partial charge on any atom is 0.0353 e. The van der Waals surface area contributed by atoms with Crippen molar-refractivity contribution < 1.29 is 0 Å². The van der Waals surface area contributed by atoms with Gasteiger partial charge in [0.15, 0.2) is 0 Å². The fourth-order valence-corrected chi connectivity index (χ4v) is 9.22. The molecule has 12 aromatic rings. The lowest BCUT2D eigenvalue weighted by Crippen LogP contribution is -1.88. The summed E-state index contributed by atoms with van der Waals surface area (Å²) in [7, 11) is 0. The van der Waals surface area contributed by atoms with E-state index in [1.165, 1.54) is 108 Å². The van der Waals surface area contributed by atoms with E-state index in [4.69, 9.17) is 9.97 Å². The molecule has 0 N–H and O–H groups in total. The zero-order valence-electron chi connectivity index (χ0n) is 26.9. The van der Waals surface area contributed by atoms with Crippen molar-refractivity contribution in [3.8, 4) is 22.3 Å². The molecule has 0 spiro atoms. The number of hydrogen-bond acceptors (Lipinski definition) is 2. The van der Waals surface area contributed by atoms with Crippen molar-refractivity contribution in [1.82, 2.24) is 9.97 Å². The summed E-state index contributed by atoms with van der Waals surface area (Å²) >= 11 is 0. The van der Waals surface area contributed by atoms with Crippen LogP contribution in [-0.4, -0.2) is 9.97 Å². The van der Waals surface area contributed by atoms with Gasteiger partial charge in [-0.05, 0) is 109 Å². The van der Waals surface area contributed by atoms with Crippen molar-refractivity contribution in [2.24, 2.45) is 0 Å². The third-order valence-corrected chi connectivity index (χ3v) is 11.3. The summed E-state index contributed by atoms with van der Waals surface area (Å²) in [4.78, 5) is 9.39. The van der Waals surface area contributed by atoms with Crippen LogP contribution in [0.25, 0.3) is 119 Å². The highest BCUT2D eigenvalue weighted by Crippen LogP contribution is 2.51. The van der Waals surface area contributed by atoms with E-state index in [2.05, 4.69) is 133 Å². The summed E-state index contributed by atoms with van der Waals surface area (Å²) in [5.41, 5.74) is 4.82. The van der Waals surface area contributed by atoms with Crippen LogP contribution in [0.3, 0.4) is 0 Å². The Balaban J connectivity index is 1.26. The van der Waals surface area contributed by atoms with E-state index >= 15 is 0 Å². The highest BCUT2D eigenvalue weighted by atomic mass is 14.6. The SMILES string of the molecule is c1ccc2c(-c3ccc4c5cc6c7ccccc7c7c(-c8cncc9ccccc89)ccc(c5cc5c8ccccc8c3c45)c67)cncc2c1. The van der Waals surface area contributed by atoms with Gasteiger partial charge in [0.2, 0.25) is 0 Å². The van der Waals surface area contributed by atoms with Gasteiger partial charge < -0.3 is 0 Å². The molecule has 0 radical (unpaired) electrons. The Labute approximate surface area is 286 Å². The number of fused-ring (bicyclic) bond motifs is 11. The molecular weight excluding hydrogens is 605 g/mol. The maximum absolute atomic E-state index is 4.69. The van der Waals surface area contributed by atoms with Gasteiger partial charge in [-0.3, -0.25) is 9.97 Å². The molecule has 0 saturated carbocycles. The Bertz CT molecular complexity index is 3140. The number of hydrogen-bond donors (Lipinski definition) is 0. The average molecular weight is 631 g/mol. The van der Waals surface area contributed by atoms with Crippen LogP contribution in [-0.2, 0) is 0 Å². The van der Waals surface area contributed by atoms with Crippen molar-refractivity contribution in [3.05, 3.63) is 158 Å². The number of pyridine rings is 2. The molecule has 228 valence electrons. The predicted octanol–water partition coefficient (Wildman–Crippen LogP) is 13.1. The van der Waals surface area contributed by atoms with Gasteiger partial charge in [0, 0.05) is 46.7 Å². The second-order valence-corrected chi connectivity index (χ2v) is 13.7. The van der Waals surface area contributed by atoms with Crippen molar-refractivity contribution >= 4 is 97.0 Å². The van der Waals surface area contributed by atoms with Crippen LogP contribution in [0.1, 0.15) is 0 Å². The molecule has 0 aliphatic rings. The van der Waals surface area contributed by atoms with Gasteiger partial charge in [0.1, 0.15) is 0 Å². The number of rotatable bonds is 2. The van der Waals surface area contributed by atoms with E-state index in [-0.39, 0.29) is 0 Å². The van der Waals surface area contributed by atoms with Crippen LogP contribution in [0.15, 0.2) is 158 Å². The Morgan fingerprint density at radius 2 is 0.620 bits per heavy atom. The van der Waals surface area contributed by atoms with Crippen LogP contribution in [0.2, 0.25) is 0 Å². The van der Waals surface area contributed by atoms with Gasteiger partial charge in [-0.25, -0.2) is 0 Å². The minimum Gasteiger partial charge on any atom is -0.263 e. The number of nitrogens with zero attached hydrogens (tertiary/aromatic N) is 2. The lowest BCUT2D eigenvalue weighted by atomic mass is 9.89. The summed E-state index contributed by atoms with van der Waals surface area (Å²) in [5, 5.41) is 23.0. The Kier molecular flexibility index (Phi) is 5.00. The standard InChI is InChI=1S/C48H26N2/c1-3-11-29-27(9-1)23-49-25-43(29)37-19-17-35-39-22-42-32-14-6-8-16-34(32)46-38(44-26-50-24-28-10-2-4-12-30(28)44)20-18-36(48(42)46)40(39)21-41-31-13-5-7-15-33(31)45(37)47(35)41/h1-26H. The topological polar surface area (TPSA) is 25.8 Å². The van der Waals surface area contributed by atoms with Gasteiger partial charge >= 0.3 is 0 Å². The fraction of sp³-hybridized carbons (Fsp3) is 0. The molecule has 50 heavy (non-hydrogen) atoms. The van der Waals surface area contributed by atoms with E-state index in [1.807, 2.05) is 24.8 Å². The second-order valence-electron chi connectivity index (χ2n) is 13.7. The molecule has 2 aromatic heterocycles. The summed E-state index contributed by atoms with van der Waals surface area (Å²) in [6.45, 7) is 0. The van der Waals surface area contributed by atoms with Crippen molar-refractivity contribution in [3.63, 3.8) is 0 Å². The summed E-state index contributed by atoms with van der Waals surface area (Å²) in [6, 6.07) is 49.4. The molecule has 2 heterocycles. The van der Waals surface area contributed by atoms with Crippen LogP contribution in [0.5, 0.6) is 0 Å². The quantitative estimate of drug-likeness (QED) is 0.178. The number of benzene rings is 8. The minimum absolute atomic E-state index is 1.16. The normalized spacial score (nSPS) is 12.4. The third kappa shape index (κ3) is 3.28. The first-order valence-corrected chi connectivity index (χ1v) is 17.2. The van der Waals surface area contributed by atoms with E-state index in [1.54, 1.807) is 0 Å². The highest BCUT2D eigenvalue weighted by molar-refractivity contribution is 6.43. The molecule has 0 atom stereocenters. The van der Waals surface area contributed by atoms with Gasteiger partial charge in [-0.15, -0.1) is 0 Å². The summed E-state index contributed by atoms with van der Waals surface area (Å²) < 4.78 is 0. The van der Waals surface area contributed by atoms with E-state index < -0.39 is 0 Å². The monoisotopic (exact) mass is 630 g/mol. The van der Waals surface area contributed by atoms with Gasteiger partial charge in [-0.2, -0.15) is 0 Å². The first-order chi connectivity index (χ1) is 24.8. The zero-order chi connectivity index (χ0) is 32.5. The van der Waals surface area contributed by atoms with Gasteiger partial charge in [-0.1, -0.05) is 121 Å². The molecule has 0 aliphatic carbocycles. The molecule has 10 aromatic carbocycles. The summed E-state index contributed by atoms with van der Waals surface area (Å²) in [5.74, 6) is 0. The lowest BCUT2D eigenvalue weighted by Gasteiger charge is -2.14. The Morgan fingerprint density at radius 3 is 1.08 bits per heavy atom. The van der Waals surface area contributed by atoms with E-state index in [0.29, 0.717) is 0 Å². The lowest BCUT2D eigenvalue weighted by molar-refractivity contribution is 1.36. The first-order valence-electron chi connectivity index (χ1n) is 17.2. The van der Waals surface area contributed by atoms with E-state index in [0.717, 1.165) is 10.8 Å². The van der Waals surface area contributed by atoms with Crippen molar-refractivity contribution in [2.75, 3.05) is 0 Å². The maximum atomic E-state index is 4.69. The molecule has 2 heteroatoms. The third-order valence-electron chi connectivity index (χ3n) is 11.3. The first kappa shape index (κ1) is 26.3. The van der Waals surface area contributed by atoms with Crippen molar-refractivity contribution in [2.45, 2.75) is 0 Å². The minimum atomic E-state index is 1.16. The van der Waals surface area contributed by atoms with Crippen LogP contribution in [0.4, 0.5) is 0 Å². The fourth-order valence-electron chi connectivity index (χ4n) is 9.22. The zero-order valence-corrected chi connectivity index (χ0v) is 26.9. The molecule has 12 rings (SSSR count). The van der Waals surface area contributed by atoms with Crippen LogP contribution >= 0.6 is 0 Å². The molecule has 0 amide bonds. The second kappa shape index (κ2) is 9.49. The van der Waals surface area contributed by atoms with Gasteiger partial charge in [0.05, 0.1) is 0 Å². The van der Waals surface area contributed by atoms with Crippen molar-refractivity contribution in [1.29, 1.82) is 0 Å². The molecule has 2 nitrogen and oxygen atoms in total. The Morgan fingerprint density at radius 1 is 0.240 bits per heavy atom. The van der Waals surface area contributed by atoms with Crippen LogP contribution < -0.4 is 0 Å². The molecule has 0 unspecified atom stereocenters. The number of aromatic nitrogens is 2.